The first-order chi connectivity index (χ1) is 9.04. The Bertz CT molecular complexity index is 543. The maximum Gasteiger partial charge on any atom is 0.276 e. The lowest BCUT2D eigenvalue weighted by atomic mass is 10.4. The smallest absolute Gasteiger partial charge is 0.276 e. The molecule has 108 valence electrons. The second-order valence-electron chi connectivity index (χ2n) is 4.25. The molecule has 0 aromatic carbocycles. The van der Waals surface area contributed by atoms with Crippen LogP contribution in [0.1, 0.15) is 12.7 Å². The van der Waals surface area contributed by atoms with Crippen LogP contribution in [0.5, 0.6) is 0 Å². The lowest BCUT2D eigenvalue weighted by Crippen LogP contribution is -2.41. The molecule has 2 rings (SSSR count). The van der Waals surface area contributed by atoms with Gasteiger partial charge in [-0.3, -0.25) is 4.21 Å². The first kappa shape index (κ1) is 14.7. The Morgan fingerprint density at radius 3 is 2.68 bits per heavy atom. The van der Waals surface area contributed by atoms with Gasteiger partial charge in [-0.05, 0) is 18.7 Å². The monoisotopic (exact) mass is 306 g/mol. The average molecular weight is 306 g/mol. The molecule has 1 N–H and O–H groups in total. The molecule has 0 unspecified atom stereocenters. The van der Waals surface area contributed by atoms with Crippen LogP contribution in [-0.2, 0) is 27.4 Å². The molecule has 2 heterocycles. The summed E-state index contributed by atoms with van der Waals surface area (Å²) in [5.41, 5.74) is 0. The Labute approximate surface area is 115 Å². The highest BCUT2D eigenvalue weighted by atomic mass is 32.2. The van der Waals surface area contributed by atoms with Crippen LogP contribution >= 0.6 is 0 Å². The lowest BCUT2D eigenvalue weighted by molar-refractivity contribution is 0.373. The molecule has 1 aromatic rings. The molecular weight excluding hydrogens is 288 g/mol. The van der Waals surface area contributed by atoms with Crippen molar-refractivity contribution in [1.82, 2.24) is 9.62 Å². The molecule has 6 nitrogen and oxygen atoms in total. The van der Waals surface area contributed by atoms with Crippen LogP contribution < -0.4 is 5.32 Å². The third-order valence-corrected chi connectivity index (χ3v) is 5.97. The van der Waals surface area contributed by atoms with E-state index in [0.717, 1.165) is 6.54 Å². The van der Waals surface area contributed by atoms with E-state index in [4.69, 9.17) is 4.42 Å². The highest BCUT2D eigenvalue weighted by Gasteiger charge is 2.30. The number of nitrogens with one attached hydrogen (secondary N) is 1. The SMILES string of the molecule is CCNCc1ccc(S(=O)(=O)N2CCS(=O)CC2)o1. The number of hydrogen-bond donors (Lipinski definition) is 1. The van der Waals surface area contributed by atoms with Crippen molar-refractivity contribution in [2.45, 2.75) is 18.6 Å². The van der Waals surface area contributed by atoms with Crippen molar-refractivity contribution in [1.29, 1.82) is 0 Å². The van der Waals surface area contributed by atoms with Crippen LogP contribution in [0.25, 0.3) is 0 Å². The maximum atomic E-state index is 12.3. The molecule has 1 aliphatic heterocycles. The van der Waals surface area contributed by atoms with Crippen molar-refractivity contribution in [3.8, 4) is 0 Å². The molecule has 1 aliphatic rings. The van der Waals surface area contributed by atoms with E-state index >= 15 is 0 Å². The number of sulfonamides is 1. The lowest BCUT2D eigenvalue weighted by Gasteiger charge is -2.24. The molecule has 0 atom stereocenters. The summed E-state index contributed by atoms with van der Waals surface area (Å²) in [6, 6.07) is 3.14. The minimum atomic E-state index is -3.59. The van der Waals surface area contributed by atoms with E-state index in [9.17, 15) is 12.6 Å². The topological polar surface area (TPSA) is 79.6 Å². The van der Waals surface area contributed by atoms with Gasteiger partial charge < -0.3 is 9.73 Å². The molecule has 19 heavy (non-hydrogen) atoms. The fourth-order valence-corrected chi connectivity index (χ4v) is 4.48. The van der Waals surface area contributed by atoms with Gasteiger partial charge in [0.1, 0.15) is 5.76 Å². The number of furan rings is 1. The van der Waals surface area contributed by atoms with Crippen LogP contribution in [0.3, 0.4) is 0 Å². The summed E-state index contributed by atoms with van der Waals surface area (Å²) in [5, 5.41) is 3.04. The molecule has 1 aromatic heterocycles. The van der Waals surface area contributed by atoms with Crippen molar-refractivity contribution < 1.29 is 17.0 Å². The molecule has 0 saturated carbocycles. The highest BCUT2D eigenvalue weighted by molar-refractivity contribution is 7.89. The largest absolute Gasteiger partial charge is 0.447 e. The van der Waals surface area contributed by atoms with E-state index in [1.54, 1.807) is 6.07 Å². The van der Waals surface area contributed by atoms with E-state index in [1.807, 2.05) is 6.92 Å². The number of nitrogens with zero attached hydrogens (tertiary/aromatic N) is 1. The van der Waals surface area contributed by atoms with Gasteiger partial charge in [0.05, 0.1) is 6.54 Å². The van der Waals surface area contributed by atoms with E-state index in [2.05, 4.69) is 5.32 Å². The molecular formula is C11H18N2O4S2. The number of rotatable bonds is 5. The average Bonchev–Trinajstić information content (AvgIpc) is 2.86. The van der Waals surface area contributed by atoms with Crippen molar-refractivity contribution in [2.75, 3.05) is 31.1 Å². The van der Waals surface area contributed by atoms with E-state index in [1.165, 1.54) is 10.4 Å². The maximum absolute atomic E-state index is 12.3. The normalized spacial score (nSPS) is 18.8. The fourth-order valence-electron chi connectivity index (χ4n) is 1.83. The van der Waals surface area contributed by atoms with Crippen molar-refractivity contribution in [3.05, 3.63) is 17.9 Å². The predicted molar refractivity (Wildman–Crippen MR) is 72.7 cm³/mol. The van der Waals surface area contributed by atoms with Gasteiger partial charge in [0.25, 0.3) is 10.0 Å². The van der Waals surface area contributed by atoms with Crippen LogP contribution in [0, 0.1) is 0 Å². The van der Waals surface area contributed by atoms with Gasteiger partial charge in [-0.2, -0.15) is 4.31 Å². The summed E-state index contributed by atoms with van der Waals surface area (Å²) < 4.78 is 42.5. The number of hydrogen-bond acceptors (Lipinski definition) is 5. The third kappa shape index (κ3) is 3.44. The minimum Gasteiger partial charge on any atom is -0.447 e. The quantitative estimate of drug-likeness (QED) is 0.837. The second-order valence-corrected chi connectivity index (χ2v) is 7.82. The summed E-state index contributed by atoms with van der Waals surface area (Å²) in [6.07, 6.45) is 0. The molecule has 0 aliphatic carbocycles. The molecule has 8 heteroatoms. The zero-order valence-electron chi connectivity index (χ0n) is 10.8. The molecule has 0 radical (unpaired) electrons. The van der Waals surface area contributed by atoms with Gasteiger partial charge in [-0.1, -0.05) is 6.92 Å². The van der Waals surface area contributed by atoms with E-state index in [-0.39, 0.29) is 18.2 Å². The van der Waals surface area contributed by atoms with E-state index < -0.39 is 20.8 Å². The van der Waals surface area contributed by atoms with Gasteiger partial charge in [-0.25, -0.2) is 8.42 Å². The zero-order chi connectivity index (χ0) is 13.9. The van der Waals surface area contributed by atoms with Crippen molar-refractivity contribution in [3.63, 3.8) is 0 Å². The second kappa shape index (κ2) is 6.17. The molecule has 1 fully saturated rings. The fraction of sp³-hybridized carbons (Fsp3) is 0.636. The Balaban J connectivity index is 2.10. The van der Waals surface area contributed by atoms with Crippen LogP contribution in [0.2, 0.25) is 0 Å². The van der Waals surface area contributed by atoms with Gasteiger partial charge in [0.2, 0.25) is 5.09 Å². The summed E-state index contributed by atoms with van der Waals surface area (Å²) in [6.45, 7) is 3.85. The molecule has 1 saturated heterocycles. The Morgan fingerprint density at radius 1 is 1.37 bits per heavy atom. The van der Waals surface area contributed by atoms with Gasteiger partial charge >= 0.3 is 0 Å². The first-order valence-corrected chi connectivity index (χ1v) is 9.11. The van der Waals surface area contributed by atoms with Crippen LogP contribution in [0.4, 0.5) is 0 Å². The van der Waals surface area contributed by atoms with Gasteiger partial charge in [-0.15, -0.1) is 0 Å². The van der Waals surface area contributed by atoms with E-state index in [0.29, 0.717) is 23.8 Å². The standard InChI is InChI=1S/C11H18N2O4S2/c1-2-12-9-10-3-4-11(17-10)19(15,16)13-5-7-18(14)8-6-13/h3-4,12H,2,5-9H2,1H3. The molecule has 0 bridgehead atoms. The Kier molecular flexibility index (Phi) is 4.77. The van der Waals surface area contributed by atoms with Crippen molar-refractivity contribution in [2.24, 2.45) is 0 Å². The Morgan fingerprint density at radius 2 is 2.05 bits per heavy atom. The zero-order valence-corrected chi connectivity index (χ0v) is 12.4. The van der Waals surface area contributed by atoms with Crippen LogP contribution in [0.15, 0.2) is 21.6 Å². The highest BCUT2D eigenvalue weighted by Crippen LogP contribution is 2.20. The third-order valence-electron chi connectivity index (χ3n) is 2.92. The van der Waals surface area contributed by atoms with Gasteiger partial charge in [0.15, 0.2) is 0 Å². The summed E-state index contributed by atoms with van der Waals surface area (Å²) in [4.78, 5) is 0. The molecule has 0 amide bonds. The predicted octanol–water partition coefficient (Wildman–Crippen LogP) is 0.142. The van der Waals surface area contributed by atoms with Crippen molar-refractivity contribution >= 4 is 20.8 Å². The van der Waals surface area contributed by atoms with Crippen LogP contribution in [-0.4, -0.2) is 48.1 Å². The minimum absolute atomic E-state index is 0.0342. The van der Waals surface area contributed by atoms with Gasteiger partial charge in [0, 0.05) is 35.4 Å². The summed E-state index contributed by atoms with van der Waals surface area (Å²) in [7, 11) is -4.48. The summed E-state index contributed by atoms with van der Waals surface area (Å²) >= 11 is 0. The summed E-state index contributed by atoms with van der Waals surface area (Å²) in [5.74, 6) is 1.38. The first-order valence-electron chi connectivity index (χ1n) is 6.18. The molecule has 0 spiro atoms. The Hall–Kier alpha value is -0.700.